The van der Waals surface area contributed by atoms with Crippen molar-refractivity contribution < 1.29 is 24.5 Å². The van der Waals surface area contributed by atoms with Gasteiger partial charge in [0.1, 0.15) is 22.8 Å². The Bertz CT molecular complexity index is 1190. The Kier molecular flexibility index (Phi) is 6.63. The second kappa shape index (κ2) is 9.37. The van der Waals surface area contributed by atoms with Gasteiger partial charge < -0.3 is 14.9 Å². The van der Waals surface area contributed by atoms with E-state index in [1.807, 2.05) is 37.3 Å². The smallest absolute Gasteiger partial charge is 0.157 e. The van der Waals surface area contributed by atoms with Crippen LogP contribution in [0.4, 0.5) is 0 Å². The van der Waals surface area contributed by atoms with Crippen molar-refractivity contribution in [3.63, 3.8) is 0 Å². The maximum atomic E-state index is 12.1. The molecule has 2 aliphatic rings. The average molecular weight is 475 g/mol. The van der Waals surface area contributed by atoms with E-state index in [9.17, 15) is 19.8 Å². The van der Waals surface area contributed by atoms with Crippen molar-refractivity contribution in [2.24, 2.45) is 11.3 Å². The molecule has 1 heterocycles. The van der Waals surface area contributed by atoms with Gasteiger partial charge in [0.15, 0.2) is 12.6 Å². The molecular formula is C30H34O5. The van der Waals surface area contributed by atoms with E-state index in [2.05, 4.69) is 39.0 Å². The third kappa shape index (κ3) is 4.52. The fraction of sp³-hybridized carbons (Fsp3) is 0.400. The number of hydrogen-bond donors (Lipinski definition) is 2. The number of ether oxygens (including phenoxy) is 1. The van der Waals surface area contributed by atoms with Crippen molar-refractivity contribution in [3.8, 4) is 17.2 Å². The van der Waals surface area contributed by atoms with Gasteiger partial charge in [0, 0.05) is 23.8 Å². The zero-order valence-corrected chi connectivity index (χ0v) is 20.9. The molecule has 5 heteroatoms. The topological polar surface area (TPSA) is 83.8 Å². The Morgan fingerprint density at radius 1 is 0.971 bits per heavy atom. The van der Waals surface area contributed by atoms with Gasteiger partial charge in [-0.2, -0.15) is 0 Å². The fourth-order valence-corrected chi connectivity index (χ4v) is 5.57. The standard InChI is InChI=1S/C30H34O5/c1-19-11-12-23-24(20-9-6-5-7-10-20)25-27(34)21(17-31)26(33)22(18-32)28(25)35-30(23,4)15-8-14-29(2,3)16-13-19/h5-10,13-14,17-18,23-24,33-34H,11-12,15-16H2,1-4H3/b14-8+,19-13+/t23-,24-,30+/m1/s1. The van der Waals surface area contributed by atoms with E-state index >= 15 is 0 Å². The van der Waals surface area contributed by atoms with Crippen LogP contribution in [0.15, 0.2) is 54.1 Å². The number of benzene rings is 2. The molecule has 0 spiro atoms. The molecule has 0 unspecified atom stereocenters. The first-order valence-electron chi connectivity index (χ1n) is 12.2. The number of allylic oxidation sites excluding steroid dienone is 3. The average Bonchev–Trinajstić information content (AvgIpc) is 2.83. The van der Waals surface area contributed by atoms with Crippen LogP contribution in [-0.2, 0) is 0 Å². The molecule has 1 aliphatic heterocycles. The van der Waals surface area contributed by atoms with E-state index in [1.54, 1.807) is 0 Å². The van der Waals surface area contributed by atoms with Crippen molar-refractivity contribution in [2.75, 3.05) is 0 Å². The summed E-state index contributed by atoms with van der Waals surface area (Å²) in [5.41, 5.74) is 1.54. The summed E-state index contributed by atoms with van der Waals surface area (Å²) in [5.74, 6) is -1.12. The van der Waals surface area contributed by atoms with Crippen LogP contribution in [-0.4, -0.2) is 28.4 Å². The van der Waals surface area contributed by atoms with Gasteiger partial charge in [-0.25, -0.2) is 0 Å². The molecule has 4 rings (SSSR count). The summed E-state index contributed by atoms with van der Waals surface area (Å²) in [5, 5.41) is 21.9. The second-order valence-corrected chi connectivity index (χ2v) is 10.8. The summed E-state index contributed by atoms with van der Waals surface area (Å²) in [4.78, 5) is 23.9. The van der Waals surface area contributed by atoms with Crippen molar-refractivity contribution >= 4 is 12.6 Å². The van der Waals surface area contributed by atoms with Gasteiger partial charge in [0.2, 0.25) is 0 Å². The molecule has 35 heavy (non-hydrogen) atoms. The normalized spacial score (nSPS) is 28.2. The molecule has 0 saturated heterocycles. The minimum absolute atomic E-state index is 0.00772. The van der Waals surface area contributed by atoms with Gasteiger partial charge in [0.05, 0.1) is 11.1 Å². The number of phenolic OH excluding ortho intramolecular Hbond substituents is 2. The lowest BCUT2D eigenvalue weighted by Gasteiger charge is -2.48. The summed E-state index contributed by atoms with van der Waals surface area (Å²) < 4.78 is 6.60. The van der Waals surface area contributed by atoms with Crippen molar-refractivity contribution in [1.29, 1.82) is 0 Å². The SMILES string of the molecule is C/C1=C\CC(C)(C)/C=C/C[C@]2(C)Oc3c(C=O)c(O)c(C=O)c(O)c3[C@H](c3ccccc3)[C@H]2CC1. The third-order valence-electron chi connectivity index (χ3n) is 7.66. The van der Waals surface area contributed by atoms with Gasteiger partial charge in [-0.1, -0.05) is 68.0 Å². The highest BCUT2D eigenvalue weighted by atomic mass is 16.5. The quantitative estimate of drug-likeness (QED) is 0.381. The molecular weight excluding hydrogens is 440 g/mol. The first kappa shape index (κ1) is 24.8. The minimum atomic E-state index is -0.718. The Labute approximate surface area is 207 Å². The minimum Gasteiger partial charge on any atom is -0.507 e. The molecule has 1 aliphatic carbocycles. The lowest BCUT2D eigenvalue weighted by atomic mass is 9.66. The zero-order chi connectivity index (χ0) is 25.4. The number of rotatable bonds is 3. The first-order valence-corrected chi connectivity index (χ1v) is 12.2. The largest absolute Gasteiger partial charge is 0.507 e. The molecule has 0 bridgehead atoms. The molecule has 0 radical (unpaired) electrons. The Balaban J connectivity index is 2.01. The second-order valence-electron chi connectivity index (χ2n) is 10.8. The molecule has 0 aromatic heterocycles. The fourth-order valence-electron chi connectivity index (χ4n) is 5.57. The zero-order valence-electron chi connectivity index (χ0n) is 20.9. The van der Waals surface area contributed by atoms with E-state index < -0.39 is 11.4 Å². The van der Waals surface area contributed by atoms with E-state index in [0.29, 0.717) is 24.6 Å². The van der Waals surface area contributed by atoms with Crippen LogP contribution in [0.25, 0.3) is 0 Å². The number of phenols is 2. The third-order valence-corrected chi connectivity index (χ3v) is 7.66. The van der Waals surface area contributed by atoms with Crippen molar-refractivity contribution in [3.05, 3.63) is 76.4 Å². The van der Waals surface area contributed by atoms with Crippen LogP contribution in [0.2, 0.25) is 0 Å². The monoisotopic (exact) mass is 474 g/mol. The summed E-state index contributed by atoms with van der Waals surface area (Å²) in [7, 11) is 0. The van der Waals surface area contributed by atoms with Crippen molar-refractivity contribution in [2.45, 2.75) is 64.9 Å². The predicted octanol–water partition coefficient (Wildman–Crippen LogP) is 6.72. The summed E-state index contributed by atoms with van der Waals surface area (Å²) >= 11 is 0. The molecule has 5 nitrogen and oxygen atoms in total. The highest BCUT2D eigenvalue weighted by molar-refractivity contribution is 5.95. The van der Waals surface area contributed by atoms with Gasteiger partial charge in [0.25, 0.3) is 0 Å². The number of carbonyl (C=O) groups is 2. The molecule has 184 valence electrons. The molecule has 0 fully saturated rings. The maximum absolute atomic E-state index is 12.1. The summed E-state index contributed by atoms with van der Waals surface area (Å²) in [6.07, 6.45) is 10.7. The van der Waals surface area contributed by atoms with E-state index in [4.69, 9.17) is 4.74 Å². The lowest BCUT2D eigenvalue weighted by Crippen LogP contribution is -2.47. The van der Waals surface area contributed by atoms with E-state index in [0.717, 1.165) is 24.8 Å². The highest BCUT2D eigenvalue weighted by Gasteiger charge is 2.49. The molecule has 2 aromatic rings. The number of hydrogen-bond acceptors (Lipinski definition) is 5. The maximum Gasteiger partial charge on any atom is 0.157 e. The van der Waals surface area contributed by atoms with Gasteiger partial charge in [-0.3, -0.25) is 9.59 Å². The number of carbonyl (C=O) groups excluding carboxylic acids is 2. The van der Waals surface area contributed by atoms with Crippen LogP contribution < -0.4 is 4.74 Å². The Morgan fingerprint density at radius 2 is 1.66 bits per heavy atom. The van der Waals surface area contributed by atoms with Crippen LogP contribution in [0.5, 0.6) is 17.2 Å². The van der Waals surface area contributed by atoms with Crippen molar-refractivity contribution in [1.82, 2.24) is 0 Å². The summed E-state index contributed by atoms with van der Waals surface area (Å²) in [6, 6.07) is 9.82. The van der Waals surface area contributed by atoms with Gasteiger partial charge in [-0.05, 0) is 44.1 Å². The van der Waals surface area contributed by atoms with E-state index in [1.165, 1.54) is 5.57 Å². The van der Waals surface area contributed by atoms with Crippen LogP contribution >= 0.6 is 0 Å². The highest BCUT2D eigenvalue weighted by Crippen LogP contribution is 2.57. The van der Waals surface area contributed by atoms with Gasteiger partial charge >= 0.3 is 0 Å². The molecule has 2 N–H and O–H groups in total. The van der Waals surface area contributed by atoms with Crippen LogP contribution in [0.3, 0.4) is 0 Å². The lowest BCUT2D eigenvalue weighted by molar-refractivity contribution is -0.00275. The van der Waals surface area contributed by atoms with E-state index in [-0.39, 0.29) is 39.9 Å². The molecule has 0 saturated carbocycles. The Morgan fingerprint density at radius 3 is 2.31 bits per heavy atom. The van der Waals surface area contributed by atoms with Crippen LogP contribution in [0, 0.1) is 11.3 Å². The van der Waals surface area contributed by atoms with Gasteiger partial charge in [-0.15, -0.1) is 0 Å². The first-order chi connectivity index (χ1) is 16.6. The number of aromatic hydroxyl groups is 2. The molecule has 2 aromatic carbocycles. The number of aldehydes is 2. The number of fused-ring (bicyclic) bond motifs is 2. The van der Waals surface area contributed by atoms with Crippen LogP contribution in [0.1, 0.15) is 91.1 Å². The summed E-state index contributed by atoms with van der Waals surface area (Å²) in [6.45, 7) is 8.60. The Hall–Kier alpha value is -3.34. The molecule has 0 amide bonds. The molecule has 3 atom stereocenters. The predicted molar refractivity (Wildman–Crippen MR) is 137 cm³/mol.